The summed E-state index contributed by atoms with van der Waals surface area (Å²) in [5.41, 5.74) is 10.8. The highest BCUT2D eigenvalue weighted by Crippen LogP contribution is 2.31. The Bertz CT molecular complexity index is 223. The number of carbonyl (C=O) groups is 1. The molecule has 1 aliphatic rings. The van der Waals surface area contributed by atoms with Crippen LogP contribution in [-0.4, -0.2) is 24.2 Å². The Hall–Kier alpha value is -0.610. The van der Waals surface area contributed by atoms with Crippen LogP contribution in [0.3, 0.4) is 0 Å². The summed E-state index contributed by atoms with van der Waals surface area (Å²) in [5, 5.41) is 0. The number of primary amides is 1. The largest absolute Gasteiger partial charge is 0.367 e. The zero-order valence-electron chi connectivity index (χ0n) is 10.2. The van der Waals surface area contributed by atoms with E-state index in [2.05, 4.69) is 0 Å². The maximum Gasteiger partial charge on any atom is 0.246 e. The number of hydrogen-bond donors (Lipinski definition) is 2. The van der Waals surface area contributed by atoms with Gasteiger partial charge in [-0.1, -0.05) is 32.6 Å². The molecule has 1 fully saturated rings. The third-order valence-electron chi connectivity index (χ3n) is 3.47. The maximum absolute atomic E-state index is 11.2. The molecule has 0 saturated heterocycles. The molecular formula is C12H24N2O2. The highest BCUT2D eigenvalue weighted by molar-refractivity contribution is 5.78. The lowest BCUT2D eigenvalue weighted by Crippen LogP contribution is -2.46. The molecular weight excluding hydrogens is 204 g/mol. The molecule has 1 saturated carbocycles. The van der Waals surface area contributed by atoms with E-state index in [9.17, 15) is 4.79 Å². The van der Waals surface area contributed by atoms with E-state index in [-0.39, 0.29) is 11.5 Å². The fourth-order valence-corrected chi connectivity index (χ4v) is 2.39. The van der Waals surface area contributed by atoms with Crippen LogP contribution in [0.1, 0.15) is 51.9 Å². The van der Waals surface area contributed by atoms with Crippen molar-refractivity contribution >= 4 is 5.91 Å². The van der Waals surface area contributed by atoms with Gasteiger partial charge < -0.3 is 16.2 Å². The molecule has 16 heavy (non-hydrogen) atoms. The average molecular weight is 228 g/mol. The van der Waals surface area contributed by atoms with Crippen molar-refractivity contribution in [2.24, 2.45) is 11.5 Å². The summed E-state index contributed by atoms with van der Waals surface area (Å²) in [4.78, 5) is 11.2. The Kier molecular flexibility index (Phi) is 5.22. The second-order valence-corrected chi connectivity index (χ2v) is 4.72. The second-order valence-electron chi connectivity index (χ2n) is 4.72. The number of carbonyl (C=O) groups excluding carboxylic acids is 1. The summed E-state index contributed by atoms with van der Waals surface area (Å²) in [6.07, 6.45) is 6.77. The molecule has 0 aromatic rings. The predicted octanol–water partition coefficient (Wildman–Crippen LogP) is 1.32. The van der Waals surface area contributed by atoms with Gasteiger partial charge in [0.1, 0.15) is 6.10 Å². The van der Waals surface area contributed by atoms with Crippen molar-refractivity contribution in [2.45, 2.75) is 63.6 Å². The molecule has 0 heterocycles. The van der Waals surface area contributed by atoms with E-state index in [0.29, 0.717) is 13.0 Å². The Morgan fingerprint density at radius 1 is 1.31 bits per heavy atom. The molecule has 1 rings (SSSR count). The van der Waals surface area contributed by atoms with Gasteiger partial charge in [-0.15, -0.1) is 0 Å². The molecule has 0 spiro atoms. The molecule has 0 aromatic carbocycles. The maximum atomic E-state index is 11.2. The molecule has 1 unspecified atom stereocenters. The quantitative estimate of drug-likeness (QED) is 0.696. The lowest BCUT2D eigenvalue weighted by Gasteiger charge is -2.34. The third-order valence-corrected chi connectivity index (χ3v) is 3.47. The van der Waals surface area contributed by atoms with Gasteiger partial charge in [0, 0.05) is 6.54 Å². The normalized spacial score (nSPS) is 22.4. The van der Waals surface area contributed by atoms with Crippen molar-refractivity contribution in [3.63, 3.8) is 0 Å². The molecule has 0 radical (unpaired) electrons. The molecule has 1 aliphatic carbocycles. The van der Waals surface area contributed by atoms with Crippen LogP contribution in [-0.2, 0) is 9.53 Å². The summed E-state index contributed by atoms with van der Waals surface area (Å²) in [6, 6.07) is 0. The van der Waals surface area contributed by atoms with Gasteiger partial charge in [-0.05, 0) is 19.3 Å². The molecule has 4 heteroatoms. The number of amides is 1. The van der Waals surface area contributed by atoms with E-state index in [1.807, 2.05) is 6.92 Å². The zero-order chi connectivity index (χ0) is 12.0. The first kappa shape index (κ1) is 13.5. The summed E-state index contributed by atoms with van der Waals surface area (Å²) in [6.45, 7) is 2.40. The van der Waals surface area contributed by atoms with Gasteiger partial charge in [0.15, 0.2) is 0 Å². The lowest BCUT2D eigenvalue weighted by molar-refractivity contribution is -0.146. The van der Waals surface area contributed by atoms with Crippen LogP contribution in [0.4, 0.5) is 0 Å². The first-order chi connectivity index (χ1) is 7.63. The standard InChI is InChI=1S/C12H24N2O2/c1-2-10(11(14)15)16-12(9-13)7-5-3-4-6-8-12/h10H,2-9,13H2,1H3,(H2,14,15). The van der Waals surface area contributed by atoms with Gasteiger partial charge in [0.2, 0.25) is 5.91 Å². The fraction of sp³-hybridized carbons (Fsp3) is 0.917. The lowest BCUT2D eigenvalue weighted by atomic mass is 9.94. The Morgan fingerprint density at radius 2 is 1.88 bits per heavy atom. The minimum atomic E-state index is -0.485. The Morgan fingerprint density at radius 3 is 2.25 bits per heavy atom. The zero-order valence-corrected chi connectivity index (χ0v) is 10.2. The van der Waals surface area contributed by atoms with Crippen molar-refractivity contribution in [3.05, 3.63) is 0 Å². The van der Waals surface area contributed by atoms with Gasteiger partial charge in [-0.3, -0.25) is 4.79 Å². The number of hydrogen-bond acceptors (Lipinski definition) is 3. The van der Waals surface area contributed by atoms with Gasteiger partial charge in [0.05, 0.1) is 5.60 Å². The first-order valence-electron chi connectivity index (χ1n) is 6.31. The van der Waals surface area contributed by atoms with Gasteiger partial charge in [-0.2, -0.15) is 0 Å². The molecule has 0 aromatic heterocycles. The van der Waals surface area contributed by atoms with Crippen molar-refractivity contribution in [3.8, 4) is 0 Å². The number of nitrogens with two attached hydrogens (primary N) is 2. The topological polar surface area (TPSA) is 78.3 Å². The van der Waals surface area contributed by atoms with Crippen molar-refractivity contribution < 1.29 is 9.53 Å². The summed E-state index contributed by atoms with van der Waals surface area (Å²) in [7, 11) is 0. The predicted molar refractivity (Wildman–Crippen MR) is 63.8 cm³/mol. The summed E-state index contributed by atoms with van der Waals surface area (Å²) in [5.74, 6) is -0.375. The monoisotopic (exact) mass is 228 g/mol. The van der Waals surface area contributed by atoms with Crippen molar-refractivity contribution in [1.82, 2.24) is 0 Å². The Labute approximate surface area is 97.7 Å². The van der Waals surface area contributed by atoms with Crippen LogP contribution >= 0.6 is 0 Å². The average Bonchev–Trinajstić information content (AvgIpc) is 2.51. The van der Waals surface area contributed by atoms with E-state index in [1.165, 1.54) is 12.8 Å². The second kappa shape index (κ2) is 6.21. The molecule has 0 bridgehead atoms. The van der Waals surface area contributed by atoms with Crippen LogP contribution in [0.15, 0.2) is 0 Å². The van der Waals surface area contributed by atoms with Gasteiger partial charge >= 0.3 is 0 Å². The SMILES string of the molecule is CCC(OC1(CN)CCCCCC1)C(N)=O. The molecule has 1 amide bonds. The summed E-state index contributed by atoms with van der Waals surface area (Å²) >= 11 is 0. The van der Waals surface area contributed by atoms with E-state index in [1.54, 1.807) is 0 Å². The van der Waals surface area contributed by atoms with Crippen LogP contribution < -0.4 is 11.5 Å². The first-order valence-corrected chi connectivity index (χ1v) is 6.31. The van der Waals surface area contributed by atoms with Crippen LogP contribution in [0.5, 0.6) is 0 Å². The van der Waals surface area contributed by atoms with E-state index in [4.69, 9.17) is 16.2 Å². The fourth-order valence-electron chi connectivity index (χ4n) is 2.39. The van der Waals surface area contributed by atoms with E-state index in [0.717, 1.165) is 25.7 Å². The molecule has 0 aliphatic heterocycles. The number of rotatable bonds is 5. The number of ether oxygens (including phenoxy) is 1. The van der Waals surface area contributed by atoms with E-state index < -0.39 is 6.10 Å². The van der Waals surface area contributed by atoms with Crippen LogP contribution in [0, 0.1) is 0 Å². The van der Waals surface area contributed by atoms with Crippen molar-refractivity contribution in [1.29, 1.82) is 0 Å². The van der Waals surface area contributed by atoms with Crippen molar-refractivity contribution in [2.75, 3.05) is 6.54 Å². The smallest absolute Gasteiger partial charge is 0.246 e. The van der Waals surface area contributed by atoms with E-state index >= 15 is 0 Å². The molecule has 4 nitrogen and oxygen atoms in total. The summed E-state index contributed by atoms with van der Waals surface area (Å²) < 4.78 is 5.92. The third kappa shape index (κ3) is 3.46. The van der Waals surface area contributed by atoms with Crippen LogP contribution in [0.2, 0.25) is 0 Å². The molecule has 4 N–H and O–H groups in total. The highest BCUT2D eigenvalue weighted by atomic mass is 16.5. The van der Waals surface area contributed by atoms with Gasteiger partial charge in [-0.25, -0.2) is 0 Å². The van der Waals surface area contributed by atoms with Gasteiger partial charge in [0.25, 0.3) is 0 Å². The minimum absolute atomic E-state index is 0.313. The van der Waals surface area contributed by atoms with Crippen LogP contribution in [0.25, 0.3) is 0 Å². The molecule has 1 atom stereocenters. The minimum Gasteiger partial charge on any atom is -0.367 e. The Balaban J connectivity index is 2.66. The molecule has 94 valence electrons. The highest BCUT2D eigenvalue weighted by Gasteiger charge is 2.34.